The Kier molecular flexibility index (Phi) is 6.78. The highest BCUT2D eigenvalue weighted by atomic mass is 19.4. The third-order valence-corrected chi connectivity index (χ3v) is 6.57. The number of alkyl halides is 5. The van der Waals surface area contributed by atoms with E-state index >= 15 is 0 Å². The van der Waals surface area contributed by atoms with Crippen molar-refractivity contribution in [3.8, 4) is 0 Å². The zero-order valence-electron chi connectivity index (χ0n) is 19.4. The molecule has 0 radical (unpaired) electrons. The second-order valence-corrected chi connectivity index (χ2v) is 9.41. The monoisotopic (exact) mass is 477 g/mol. The van der Waals surface area contributed by atoms with Crippen molar-refractivity contribution in [3.63, 3.8) is 0 Å². The number of anilines is 1. The van der Waals surface area contributed by atoms with Gasteiger partial charge in [0.25, 0.3) is 5.91 Å². The van der Waals surface area contributed by atoms with Gasteiger partial charge >= 0.3 is 19.2 Å². The van der Waals surface area contributed by atoms with E-state index < -0.39 is 37.0 Å². The summed E-state index contributed by atoms with van der Waals surface area (Å²) in [5, 5.41) is 2.57. The van der Waals surface area contributed by atoms with Crippen LogP contribution in [0.25, 0.3) is 0 Å². The fraction of sp³-hybridized carbons (Fsp3) is 0.667. The van der Waals surface area contributed by atoms with Crippen LogP contribution in [0.15, 0.2) is 18.2 Å². The lowest BCUT2D eigenvalue weighted by Gasteiger charge is -2.38. The quantitative estimate of drug-likeness (QED) is 0.523. The average Bonchev–Trinajstić information content (AvgIpc) is 2.93. The lowest BCUT2D eigenvalue weighted by Crippen LogP contribution is -2.53. The van der Waals surface area contributed by atoms with Crippen molar-refractivity contribution in [2.24, 2.45) is 0 Å². The number of carbonyl (C=O) groups is 1. The molecule has 0 aliphatic carbocycles. The maximum absolute atomic E-state index is 13.4. The smallest absolute Gasteiger partial charge is 0.399 e. The molecule has 2 aliphatic heterocycles. The van der Waals surface area contributed by atoms with Crippen molar-refractivity contribution in [1.82, 2.24) is 10.2 Å². The minimum absolute atomic E-state index is 0.000424. The van der Waals surface area contributed by atoms with Crippen LogP contribution in [0.3, 0.4) is 0 Å². The van der Waals surface area contributed by atoms with Crippen LogP contribution in [0.4, 0.5) is 27.6 Å². The molecule has 1 aromatic rings. The van der Waals surface area contributed by atoms with Crippen LogP contribution in [0.5, 0.6) is 0 Å². The van der Waals surface area contributed by atoms with Crippen molar-refractivity contribution >= 4 is 24.2 Å². The number of halogens is 5. The lowest BCUT2D eigenvalue weighted by atomic mass is 9.78. The second-order valence-electron chi connectivity index (χ2n) is 9.41. The van der Waals surface area contributed by atoms with E-state index in [2.05, 4.69) is 5.32 Å². The number of hydrogen-bond donors (Lipinski definition) is 1. The van der Waals surface area contributed by atoms with E-state index in [-0.39, 0.29) is 32.1 Å². The molecule has 33 heavy (non-hydrogen) atoms. The highest BCUT2D eigenvalue weighted by molar-refractivity contribution is 6.62. The third-order valence-electron chi connectivity index (χ3n) is 6.57. The molecule has 2 aliphatic rings. The van der Waals surface area contributed by atoms with Gasteiger partial charge in [0.15, 0.2) is 0 Å². The van der Waals surface area contributed by atoms with Gasteiger partial charge in [-0.3, -0.25) is 9.69 Å². The minimum Gasteiger partial charge on any atom is -0.399 e. The first-order valence-electron chi connectivity index (χ1n) is 10.7. The number of hydrogen-bond acceptors (Lipinski definition) is 5. The molecule has 2 fully saturated rings. The van der Waals surface area contributed by atoms with Crippen LogP contribution >= 0.6 is 0 Å². The van der Waals surface area contributed by atoms with Crippen LogP contribution in [-0.2, 0) is 9.31 Å². The number of nitrogens with one attached hydrogen (secondary N) is 1. The van der Waals surface area contributed by atoms with Crippen molar-refractivity contribution in [3.05, 3.63) is 23.8 Å². The molecule has 3 rings (SSSR count). The molecule has 0 saturated carbocycles. The van der Waals surface area contributed by atoms with Crippen molar-refractivity contribution in [2.75, 3.05) is 44.7 Å². The lowest BCUT2D eigenvalue weighted by molar-refractivity contribution is -0.286. The molecule has 12 heteroatoms. The second kappa shape index (κ2) is 8.70. The molecule has 184 valence electrons. The fourth-order valence-electron chi connectivity index (χ4n) is 3.78. The molecular weight excluding hydrogens is 448 g/mol. The van der Waals surface area contributed by atoms with Crippen molar-refractivity contribution in [1.29, 1.82) is 0 Å². The predicted octanol–water partition coefficient (Wildman–Crippen LogP) is 2.67. The summed E-state index contributed by atoms with van der Waals surface area (Å²) >= 11 is 0. The molecular formula is C21H29BF5N3O3. The Bertz CT molecular complexity index is 870. The van der Waals surface area contributed by atoms with Gasteiger partial charge in [0, 0.05) is 38.9 Å². The van der Waals surface area contributed by atoms with Gasteiger partial charge in [-0.15, -0.1) is 0 Å². The van der Waals surface area contributed by atoms with Gasteiger partial charge in [-0.05, 0) is 45.3 Å². The van der Waals surface area contributed by atoms with E-state index in [0.29, 0.717) is 16.7 Å². The van der Waals surface area contributed by atoms with Gasteiger partial charge in [-0.25, -0.2) is 0 Å². The van der Waals surface area contributed by atoms with E-state index in [0.717, 1.165) is 4.90 Å². The summed E-state index contributed by atoms with van der Waals surface area (Å²) in [6.07, 6.45) is -5.59. The summed E-state index contributed by atoms with van der Waals surface area (Å²) in [6, 6.07) is 5.13. The van der Waals surface area contributed by atoms with Gasteiger partial charge in [-0.2, -0.15) is 22.0 Å². The SMILES string of the molecule is CNC(=O)c1ccc(B2OC(C)(C)C(C)(C)O2)cc1N1CCN(CC(F)(F)C(F)(F)F)CC1. The van der Waals surface area contributed by atoms with Crippen molar-refractivity contribution in [2.45, 2.75) is 51.0 Å². The Labute approximate surface area is 190 Å². The molecule has 6 nitrogen and oxygen atoms in total. The molecule has 0 atom stereocenters. The Hall–Kier alpha value is -1.92. The number of benzene rings is 1. The van der Waals surface area contributed by atoms with Crippen LogP contribution in [0.1, 0.15) is 38.1 Å². The topological polar surface area (TPSA) is 54.0 Å². The number of amides is 1. The van der Waals surface area contributed by atoms with Crippen molar-refractivity contribution < 1.29 is 36.1 Å². The minimum atomic E-state index is -5.59. The number of nitrogens with zero attached hydrogens (tertiary/aromatic N) is 2. The van der Waals surface area contributed by atoms with E-state index in [1.54, 1.807) is 18.2 Å². The Morgan fingerprint density at radius 2 is 1.58 bits per heavy atom. The molecule has 1 amide bonds. The molecule has 0 aromatic heterocycles. The van der Waals surface area contributed by atoms with Crippen LogP contribution in [-0.4, -0.2) is 81.0 Å². The third kappa shape index (κ3) is 5.12. The summed E-state index contributed by atoms with van der Waals surface area (Å²) in [5.41, 5.74) is 0.470. The highest BCUT2D eigenvalue weighted by Crippen LogP contribution is 2.38. The van der Waals surface area contributed by atoms with Gasteiger partial charge in [0.1, 0.15) is 0 Å². The van der Waals surface area contributed by atoms with E-state index in [1.807, 2.05) is 32.6 Å². The molecule has 0 spiro atoms. The number of carbonyl (C=O) groups excluding carboxylic acids is 1. The molecule has 1 N–H and O–H groups in total. The van der Waals surface area contributed by atoms with Crippen LogP contribution in [0, 0.1) is 0 Å². The van der Waals surface area contributed by atoms with Gasteiger partial charge in [0.05, 0.1) is 23.3 Å². The summed E-state index contributed by atoms with van der Waals surface area (Å²) < 4.78 is 76.7. The first-order valence-corrected chi connectivity index (χ1v) is 10.7. The summed E-state index contributed by atoms with van der Waals surface area (Å²) in [5.74, 6) is -5.12. The van der Waals surface area contributed by atoms with E-state index in [9.17, 15) is 26.7 Å². The number of rotatable bonds is 5. The highest BCUT2D eigenvalue weighted by Gasteiger charge is 2.58. The largest absolute Gasteiger partial charge is 0.494 e. The summed E-state index contributed by atoms with van der Waals surface area (Å²) in [6.45, 7) is 6.66. The maximum atomic E-state index is 13.4. The van der Waals surface area contributed by atoms with Gasteiger partial charge < -0.3 is 19.5 Å². The predicted molar refractivity (Wildman–Crippen MR) is 115 cm³/mol. The normalized spacial score (nSPS) is 21.4. The van der Waals surface area contributed by atoms with Gasteiger partial charge in [0.2, 0.25) is 0 Å². The Morgan fingerprint density at radius 1 is 1.03 bits per heavy atom. The zero-order valence-corrected chi connectivity index (χ0v) is 19.4. The standard InChI is InChI=1S/C21H29BF5N3O3/c1-18(2)19(3,4)33-22(32-18)14-6-7-15(17(31)28-5)16(12-14)30-10-8-29(9-11-30)13-20(23,24)21(25,26)27/h6-7,12H,8-11,13H2,1-5H3,(H,28,31). The fourth-order valence-corrected chi connectivity index (χ4v) is 3.78. The molecule has 1 aromatic carbocycles. The Balaban J connectivity index is 1.81. The average molecular weight is 477 g/mol. The molecule has 2 heterocycles. The maximum Gasteiger partial charge on any atom is 0.494 e. The summed E-state index contributed by atoms with van der Waals surface area (Å²) in [4.78, 5) is 15.3. The molecule has 2 saturated heterocycles. The molecule has 0 unspecified atom stereocenters. The van der Waals surface area contributed by atoms with Gasteiger partial charge in [-0.1, -0.05) is 6.07 Å². The van der Waals surface area contributed by atoms with Crippen LogP contribution in [0.2, 0.25) is 0 Å². The van der Waals surface area contributed by atoms with E-state index in [1.165, 1.54) is 7.05 Å². The Morgan fingerprint density at radius 3 is 2.06 bits per heavy atom. The first kappa shape index (κ1) is 25.7. The first-order chi connectivity index (χ1) is 15.1. The number of piperazine rings is 1. The summed E-state index contributed by atoms with van der Waals surface area (Å²) in [7, 11) is 0.824. The van der Waals surface area contributed by atoms with Crippen LogP contribution < -0.4 is 15.7 Å². The zero-order chi connectivity index (χ0) is 24.8. The van der Waals surface area contributed by atoms with E-state index in [4.69, 9.17) is 9.31 Å². The molecule has 0 bridgehead atoms.